The molecule has 0 radical (unpaired) electrons. The molecule has 8 heteroatoms. The van der Waals surface area contributed by atoms with E-state index in [1.165, 1.54) is 12.4 Å². The second kappa shape index (κ2) is 4.69. The van der Waals surface area contributed by atoms with Crippen molar-refractivity contribution in [1.82, 2.24) is 10.1 Å². The van der Waals surface area contributed by atoms with Crippen LogP contribution in [0.15, 0.2) is 32.4 Å². The van der Waals surface area contributed by atoms with Gasteiger partial charge < -0.3 is 4.52 Å². The molecule has 0 aromatic carbocycles. The largest absolute Gasteiger partial charge is 0.360 e. The maximum Gasteiger partial charge on any atom is 0.267 e. The molecule has 96 valence electrons. The van der Waals surface area contributed by atoms with Crippen LogP contribution in [-0.4, -0.2) is 18.6 Å². The second-order valence-electron chi connectivity index (χ2n) is 3.61. The predicted molar refractivity (Wildman–Crippen MR) is 68.7 cm³/mol. The molecule has 0 aliphatic heterocycles. The summed E-state index contributed by atoms with van der Waals surface area (Å²) < 4.78 is 32.3. The third kappa shape index (κ3) is 2.39. The molecule has 0 fully saturated rings. The number of aromatic nitrogens is 2. The van der Waals surface area contributed by atoms with Gasteiger partial charge in [0.05, 0.1) is 10.2 Å². The van der Waals surface area contributed by atoms with E-state index in [-0.39, 0.29) is 10.7 Å². The number of anilines is 1. The summed E-state index contributed by atoms with van der Waals surface area (Å²) >= 11 is 3.22. The van der Waals surface area contributed by atoms with Gasteiger partial charge in [-0.05, 0) is 35.8 Å². The summed E-state index contributed by atoms with van der Waals surface area (Å²) in [6.45, 7) is 3.13. The van der Waals surface area contributed by atoms with Crippen LogP contribution in [0.2, 0.25) is 0 Å². The quantitative estimate of drug-likeness (QED) is 0.932. The Balaban J connectivity index is 2.43. The van der Waals surface area contributed by atoms with Gasteiger partial charge in [-0.15, -0.1) is 0 Å². The first kappa shape index (κ1) is 13.0. The Morgan fingerprint density at radius 2 is 2.11 bits per heavy atom. The first-order valence-electron chi connectivity index (χ1n) is 4.97. The summed E-state index contributed by atoms with van der Waals surface area (Å²) in [5, 5.41) is 3.63. The molecule has 2 aromatic rings. The molecule has 0 saturated heterocycles. The maximum absolute atomic E-state index is 12.2. The summed E-state index contributed by atoms with van der Waals surface area (Å²) in [4.78, 5) is 3.92. The van der Waals surface area contributed by atoms with Gasteiger partial charge in [0.2, 0.25) is 0 Å². The smallest absolute Gasteiger partial charge is 0.267 e. The Labute approximate surface area is 113 Å². The average molecular weight is 332 g/mol. The third-order valence-electron chi connectivity index (χ3n) is 2.25. The molecule has 0 atom stereocenters. The number of hydrogen-bond acceptors (Lipinski definition) is 5. The summed E-state index contributed by atoms with van der Waals surface area (Å²) in [5.41, 5.74) is 0.732. The highest BCUT2D eigenvalue weighted by atomic mass is 79.9. The molecule has 0 amide bonds. The second-order valence-corrected chi connectivity index (χ2v) is 6.09. The number of pyridine rings is 1. The van der Waals surface area contributed by atoms with E-state index in [2.05, 4.69) is 30.8 Å². The van der Waals surface area contributed by atoms with E-state index < -0.39 is 10.0 Å². The Bertz CT molecular complexity index is 662. The number of rotatable bonds is 3. The van der Waals surface area contributed by atoms with Gasteiger partial charge in [0.1, 0.15) is 5.69 Å². The number of halogens is 1. The molecular formula is C10H10BrN3O3S. The zero-order chi connectivity index (χ0) is 13.3. The summed E-state index contributed by atoms with van der Waals surface area (Å²) in [5.74, 6) is 0.255. The molecule has 18 heavy (non-hydrogen) atoms. The van der Waals surface area contributed by atoms with Crippen molar-refractivity contribution < 1.29 is 12.9 Å². The van der Waals surface area contributed by atoms with Crippen LogP contribution < -0.4 is 4.72 Å². The van der Waals surface area contributed by atoms with Crippen LogP contribution in [0.1, 0.15) is 11.5 Å². The van der Waals surface area contributed by atoms with Crippen LogP contribution in [0.25, 0.3) is 0 Å². The highest BCUT2D eigenvalue weighted by Crippen LogP contribution is 2.26. The van der Waals surface area contributed by atoms with Gasteiger partial charge in [-0.2, -0.15) is 0 Å². The Kier molecular flexibility index (Phi) is 3.40. The van der Waals surface area contributed by atoms with Crippen LogP contribution >= 0.6 is 15.9 Å². The van der Waals surface area contributed by atoms with Crippen molar-refractivity contribution in [1.29, 1.82) is 0 Å². The van der Waals surface area contributed by atoms with Gasteiger partial charge >= 0.3 is 0 Å². The van der Waals surface area contributed by atoms with E-state index in [1.807, 2.05) is 0 Å². The summed E-state index contributed by atoms with van der Waals surface area (Å²) in [7, 11) is -3.72. The molecule has 1 N–H and O–H groups in total. The number of sulfonamides is 1. The number of nitrogens with one attached hydrogen (secondary N) is 1. The number of aryl methyl sites for hydroxylation is 2. The van der Waals surface area contributed by atoms with Crippen molar-refractivity contribution in [3.05, 3.63) is 34.4 Å². The van der Waals surface area contributed by atoms with E-state index in [1.54, 1.807) is 19.9 Å². The van der Waals surface area contributed by atoms with Gasteiger partial charge in [0, 0.05) is 12.4 Å². The molecule has 0 saturated carbocycles. The Morgan fingerprint density at radius 1 is 1.39 bits per heavy atom. The molecular weight excluding hydrogens is 322 g/mol. The first-order valence-corrected chi connectivity index (χ1v) is 7.24. The molecule has 0 unspecified atom stereocenters. The standard InChI is InChI=1S/C10H10BrN3O3S/c1-6-10(7(2)17-13-6)18(15,16)14-9-3-4-12-5-8(9)11/h3-5H,1-2H3,(H,12,14). The monoisotopic (exact) mass is 331 g/mol. The van der Waals surface area contributed by atoms with E-state index in [0.717, 1.165) is 0 Å². The SMILES string of the molecule is Cc1noc(C)c1S(=O)(=O)Nc1ccncc1Br. The van der Waals surface area contributed by atoms with Gasteiger partial charge in [0.15, 0.2) is 10.7 Å². The molecule has 2 aromatic heterocycles. The first-order chi connectivity index (χ1) is 8.42. The molecule has 0 aliphatic rings. The van der Waals surface area contributed by atoms with Crippen LogP contribution in [-0.2, 0) is 10.0 Å². The fourth-order valence-corrected chi connectivity index (χ4v) is 3.40. The highest BCUT2D eigenvalue weighted by molar-refractivity contribution is 9.10. The zero-order valence-electron chi connectivity index (χ0n) is 9.64. The minimum absolute atomic E-state index is 0.0613. The van der Waals surface area contributed by atoms with Gasteiger partial charge in [-0.25, -0.2) is 8.42 Å². The van der Waals surface area contributed by atoms with Crippen molar-refractivity contribution in [3.63, 3.8) is 0 Å². The summed E-state index contributed by atoms with van der Waals surface area (Å²) in [6.07, 6.45) is 3.00. The molecule has 0 bridgehead atoms. The molecule has 0 spiro atoms. The Hall–Kier alpha value is -1.41. The van der Waals surface area contributed by atoms with E-state index in [4.69, 9.17) is 4.52 Å². The average Bonchev–Trinajstić information content (AvgIpc) is 2.62. The highest BCUT2D eigenvalue weighted by Gasteiger charge is 2.24. The lowest BCUT2D eigenvalue weighted by atomic mass is 10.4. The van der Waals surface area contributed by atoms with Crippen molar-refractivity contribution in [2.24, 2.45) is 0 Å². The summed E-state index contributed by atoms with van der Waals surface area (Å²) in [6, 6.07) is 1.56. The lowest BCUT2D eigenvalue weighted by Gasteiger charge is -2.08. The van der Waals surface area contributed by atoms with E-state index in [9.17, 15) is 8.42 Å². The van der Waals surface area contributed by atoms with Crippen molar-refractivity contribution in [2.75, 3.05) is 4.72 Å². The lowest BCUT2D eigenvalue weighted by molar-refractivity contribution is 0.390. The van der Waals surface area contributed by atoms with E-state index in [0.29, 0.717) is 15.9 Å². The van der Waals surface area contributed by atoms with Gasteiger partial charge in [0.25, 0.3) is 10.0 Å². The number of hydrogen-bond donors (Lipinski definition) is 1. The fraction of sp³-hybridized carbons (Fsp3) is 0.200. The molecule has 0 aliphatic carbocycles. The minimum Gasteiger partial charge on any atom is -0.360 e. The van der Waals surface area contributed by atoms with Crippen LogP contribution in [0, 0.1) is 13.8 Å². The molecule has 2 rings (SSSR count). The fourth-order valence-electron chi connectivity index (χ4n) is 1.51. The van der Waals surface area contributed by atoms with Crippen LogP contribution in [0.5, 0.6) is 0 Å². The normalized spacial score (nSPS) is 11.5. The van der Waals surface area contributed by atoms with E-state index >= 15 is 0 Å². The number of nitrogens with zero attached hydrogens (tertiary/aromatic N) is 2. The zero-order valence-corrected chi connectivity index (χ0v) is 12.0. The van der Waals surface area contributed by atoms with Crippen molar-refractivity contribution >= 4 is 31.6 Å². The van der Waals surface area contributed by atoms with Crippen molar-refractivity contribution in [2.45, 2.75) is 18.7 Å². The lowest BCUT2D eigenvalue weighted by Crippen LogP contribution is -2.14. The van der Waals surface area contributed by atoms with Crippen LogP contribution in [0.3, 0.4) is 0 Å². The third-order valence-corrected chi connectivity index (χ3v) is 4.49. The van der Waals surface area contributed by atoms with Gasteiger partial charge in [-0.3, -0.25) is 9.71 Å². The minimum atomic E-state index is -3.72. The molecule has 2 heterocycles. The Morgan fingerprint density at radius 3 is 2.67 bits per heavy atom. The molecule has 6 nitrogen and oxygen atoms in total. The maximum atomic E-state index is 12.2. The van der Waals surface area contributed by atoms with Crippen molar-refractivity contribution in [3.8, 4) is 0 Å². The van der Waals surface area contributed by atoms with Gasteiger partial charge in [-0.1, -0.05) is 5.16 Å². The van der Waals surface area contributed by atoms with Crippen LogP contribution in [0.4, 0.5) is 5.69 Å². The predicted octanol–water partition coefficient (Wildman–Crippen LogP) is 2.25. The topological polar surface area (TPSA) is 85.1 Å².